The van der Waals surface area contributed by atoms with Crippen LogP contribution in [0.3, 0.4) is 0 Å². The molecule has 1 aromatic carbocycles. The largest absolute Gasteiger partial charge is 0.309 e. The molecular formula is C25H33N3O. The average Bonchev–Trinajstić information content (AvgIpc) is 2.75. The molecule has 0 fully saturated rings. The highest BCUT2D eigenvalue weighted by atomic mass is 16.1. The number of aryl methyl sites for hydroxylation is 1. The topological polar surface area (TPSA) is 54.9 Å². The number of benzene rings is 1. The summed E-state index contributed by atoms with van der Waals surface area (Å²) in [6.07, 6.45) is 10.4. The average molecular weight is 392 g/mol. The molecule has 1 amide bonds. The summed E-state index contributed by atoms with van der Waals surface area (Å²) in [5.41, 5.74) is 3.52. The van der Waals surface area contributed by atoms with E-state index in [1.165, 1.54) is 5.22 Å². The molecule has 29 heavy (non-hydrogen) atoms. The van der Waals surface area contributed by atoms with Gasteiger partial charge in [0.2, 0.25) is 5.91 Å². The summed E-state index contributed by atoms with van der Waals surface area (Å²) < 4.78 is 0. The van der Waals surface area contributed by atoms with Crippen LogP contribution in [-0.4, -0.2) is 15.9 Å². The molecule has 4 nitrogen and oxygen atoms in total. The van der Waals surface area contributed by atoms with E-state index >= 15 is 0 Å². The van der Waals surface area contributed by atoms with Crippen molar-refractivity contribution in [2.75, 3.05) is 5.32 Å². The molecule has 4 heteroatoms. The number of aromatic nitrogens is 2. The van der Waals surface area contributed by atoms with Crippen molar-refractivity contribution in [3.8, 4) is 0 Å². The second-order valence-electron chi connectivity index (χ2n) is 6.26. The number of carbonyl (C=O) groups excluding carboxylic acids is 1. The molecule has 2 rings (SSSR count). The smallest absolute Gasteiger partial charge is 0.229 e. The van der Waals surface area contributed by atoms with Crippen molar-refractivity contribution >= 4 is 29.5 Å². The number of carbonyl (C=O) groups is 1. The van der Waals surface area contributed by atoms with Crippen LogP contribution >= 0.6 is 0 Å². The molecule has 0 atom stereocenters. The minimum Gasteiger partial charge on any atom is -0.309 e. The summed E-state index contributed by atoms with van der Waals surface area (Å²) in [6.45, 7) is 15.7. The minimum absolute atomic E-state index is 0.0969. The maximum absolute atomic E-state index is 12.5. The van der Waals surface area contributed by atoms with Crippen LogP contribution in [0.4, 0.5) is 5.82 Å². The Labute approximate surface area is 174 Å². The maximum Gasteiger partial charge on any atom is 0.229 e. The molecule has 0 aliphatic carbocycles. The fourth-order valence-electron chi connectivity index (χ4n) is 2.84. The molecular weight excluding hydrogens is 358 g/mol. The van der Waals surface area contributed by atoms with Gasteiger partial charge in [0.25, 0.3) is 0 Å². The molecule has 2 aromatic rings. The molecule has 154 valence electrons. The molecule has 0 aliphatic rings. The molecule has 0 bridgehead atoms. The summed E-state index contributed by atoms with van der Waals surface area (Å²) >= 11 is 0. The van der Waals surface area contributed by atoms with Gasteiger partial charge in [0.05, 0.1) is 24.0 Å². The van der Waals surface area contributed by atoms with Crippen LogP contribution < -0.4 is 15.8 Å². The van der Waals surface area contributed by atoms with Crippen LogP contribution in [0.15, 0.2) is 43.1 Å². The van der Waals surface area contributed by atoms with E-state index in [0.29, 0.717) is 18.7 Å². The van der Waals surface area contributed by atoms with E-state index in [4.69, 9.17) is 0 Å². The number of nitrogens with zero attached hydrogens (tertiary/aromatic N) is 2. The Bertz CT molecular complexity index is 988. The van der Waals surface area contributed by atoms with Crippen molar-refractivity contribution in [3.05, 3.63) is 70.5 Å². The molecule has 1 heterocycles. The van der Waals surface area contributed by atoms with Crippen molar-refractivity contribution in [1.82, 2.24) is 9.97 Å². The molecule has 0 aliphatic heterocycles. The first kappa shape index (κ1) is 24.0. The quantitative estimate of drug-likeness (QED) is 0.741. The van der Waals surface area contributed by atoms with Gasteiger partial charge < -0.3 is 5.32 Å². The van der Waals surface area contributed by atoms with Gasteiger partial charge in [-0.15, -0.1) is 0 Å². The van der Waals surface area contributed by atoms with Crippen molar-refractivity contribution in [2.45, 2.75) is 54.4 Å². The van der Waals surface area contributed by atoms with Crippen LogP contribution in [0, 0.1) is 0 Å². The van der Waals surface area contributed by atoms with E-state index in [1.807, 2.05) is 65.8 Å². The lowest BCUT2D eigenvalue weighted by atomic mass is 10.1. The van der Waals surface area contributed by atoms with Gasteiger partial charge in [0, 0.05) is 0 Å². The van der Waals surface area contributed by atoms with E-state index in [1.54, 1.807) is 12.3 Å². The van der Waals surface area contributed by atoms with Crippen LogP contribution in [-0.2, 0) is 17.6 Å². The summed E-state index contributed by atoms with van der Waals surface area (Å²) in [5, 5.41) is 5.20. The number of nitrogens with one attached hydrogen (secondary N) is 1. The second kappa shape index (κ2) is 12.4. The van der Waals surface area contributed by atoms with Gasteiger partial charge in [-0.2, -0.15) is 0 Å². The molecule has 0 saturated heterocycles. The van der Waals surface area contributed by atoms with Gasteiger partial charge in [0.15, 0.2) is 5.82 Å². The van der Waals surface area contributed by atoms with Crippen molar-refractivity contribution in [1.29, 1.82) is 0 Å². The summed E-state index contributed by atoms with van der Waals surface area (Å²) in [7, 11) is 0. The fourth-order valence-corrected chi connectivity index (χ4v) is 2.84. The number of hydrogen-bond donors (Lipinski definition) is 1. The van der Waals surface area contributed by atoms with E-state index < -0.39 is 0 Å². The van der Waals surface area contributed by atoms with Gasteiger partial charge in [-0.05, 0) is 48.8 Å². The van der Waals surface area contributed by atoms with Crippen molar-refractivity contribution < 1.29 is 4.79 Å². The van der Waals surface area contributed by atoms with Gasteiger partial charge in [0.1, 0.15) is 0 Å². The van der Waals surface area contributed by atoms with Gasteiger partial charge in [-0.3, -0.25) is 4.79 Å². The summed E-state index contributed by atoms with van der Waals surface area (Å²) in [6, 6.07) is 6.08. The molecule has 1 aromatic heterocycles. The van der Waals surface area contributed by atoms with Crippen LogP contribution in [0.5, 0.6) is 0 Å². The van der Waals surface area contributed by atoms with Gasteiger partial charge >= 0.3 is 0 Å². The van der Waals surface area contributed by atoms with Crippen LogP contribution in [0.25, 0.3) is 17.7 Å². The van der Waals surface area contributed by atoms with Gasteiger partial charge in [-0.25, -0.2) is 9.97 Å². The third kappa shape index (κ3) is 6.83. The first-order chi connectivity index (χ1) is 14.0. The van der Waals surface area contributed by atoms with Crippen molar-refractivity contribution in [2.24, 2.45) is 0 Å². The summed E-state index contributed by atoms with van der Waals surface area (Å²) in [5.74, 6) is 0.429. The molecule has 0 saturated carbocycles. The first-order valence-electron chi connectivity index (χ1n) is 10.2. The number of allylic oxidation sites excluding steroid dienone is 3. The van der Waals surface area contributed by atoms with Crippen LogP contribution in [0.1, 0.15) is 58.5 Å². The number of hydrogen-bond acceptors (Lipinski definition) is 3. The molecule has 0 radical (unpaired) electrons. The van der Waals surface area contributed by atoms with Crippen molar-refractivity contribution in [3.63, 3.8) is 0 Å². The van der Waals surface area contributed by atoms with Crippen LogP contribution in [0.2, 0.25) is 0 Å². The third-order valence-corrected chi connectivity index (χ3v) is 4.35. The zero-order valence-electron chi connectivity index (χ0n) is 18.5. The van der Waals surface area contributed by atoms with E-state index in [-0.39, 0.29) is 5.91 Å². The summed E-state index contributed by atoms with van der Waals surface area (Å²) in [4.78, 5) is 21.5. The number of anilines is 1. The lowest BCUT2D eigenvalue weighted by molar-refractivity contribution is -0.115. The zero-order chi connectivity index (χ0) is 21.8. The SMILES string of the molecule is C=C/C=C(\C)c1cnc(NC(=O)Cc2ccc(=C/C)/c(=C\C)c2)c(CC)n1.CC. The second-order valence-corrected chi connectivity index (χ2v) is 6.26. The lowest BCUT2D eigenvalue weighted by Gasteiger charge is -2.10. The lowest BCUT2D eigenvalue weighted by Crippen LogP contribution is -2.25. The maximum atomic E-state index is 12.5. The van der Waals surface area contributed by atoms with E-state index in [2.05, 4.69) is 34.0 Å². The predicted molar refractivity (Wildman–Crippen MR) is 125 cm³/mol. The van der Waals surface area contributed by atoms with Gasteiger partial charge in [-0.1, -0.05) is 69.9 Å². The highest BCUT2D eigenvalue weighted by Gasteiger charge is 2.11. The molecule has 0 spiro atoms. The number of rotatable bonds is 6. The monoisotopic (exact) mass is 391 g/mol. The van der Waals surface area contributed by atoms with E-state index in [9.17, 15) is 4.79 Å². The molecule has 0 unspecified atom stereocenters. The predicted octanol–water partition coefficient (Wildman–Crippen LogP) is 4.44. The Morgan fingerprint density at radius 3 is 2.45 bits per heavy atom. The fraction of sp³-hybridized carbons (Fsp3) is 0.320. The highest BCUT2D eigenvalue weighted by Crippen LogP contribution is 2.16. The number of amides is 1. The minimum atomic E-state index is -0.0969. The Hall–Kier alpha value is -3.01. The zero-order valence-corrected chi connectivity index (χ0v) is 18.5. The van der Waals surface area contributed by atoms with E-state index in [0.717, 1.165) is 27.7 Å². The normalized spacial score (nSPS) is 12.3. The Kier molecular flexibility index (Phi) is 10.3. The molecule has 1 N–H and O–H groups in total. The Balaban J connectivity index is 0.00000204. The third-order valence-electron chi connectivity index (χ3n) is 4.35. The highest BCUT2D eigenvalue weighted by molar-refractivity contribution is 5.91. The Morgan fingerprint density at radius 1 is 1.17 bits per heavy atom. The first-order valence-corrected chi connectivity index (χ1v) is 10.2. The standard InChI is InChI=1S/C23H27N3O.C2H6/c1-6-10-16(5)21-15-24-23(20(9-4)25-21)26-22(27)14-17-11-12-18(7-2)19(8-3)13-17;1-2/h6-8,10-13,15H,1,9,14H2,2-5H3,(H,24,26,27);1-2H3/b16-10+,18-7-,19-8-;. The Morgan fingerprint density at radius 2 is 1.86 bits per heavy atom.